The van der Waals surface area contributed by atoms with E-state index in [0.717, 1.165) is 44.2 Å². The third-order valence-corrected chi connectivity index (χ3v) is 5.73. The largest absolute Gasteiger partial charge is 1.00 e. The molecule has 0 radical (unpaired) electrons. The molecule has 142 valence electrons. The fraction of sp³-hybridized carbons (Fsp3) is 0.409. The van der Waals surface area contributed by atoms with Crippen molar-refractivity contribution in [2.75, 3.05) is 0 Å². The van der Waals surface area contributed by atoms with Gasteiger partial charge in [-0.1, -0.05) is 43.2 Å². The van der Waals surface area contributed by atoms with Gasteiger partial charge in [0.05, 0.1) is 18.4 Å². The molecule has 1 aromatic carbocycles. The molecule has 27 heavy (non-hydrogen) atoms. The van der Waals surface area contributed by atoms with Gasteiger partial charge in [-0.2, -0.15) is 0 Å². The number of halogens is 1. The summed E-state index contributed by atoms with van der Waals surface area (Å²) in [4.78, 5) is 26.7. The number of nitrogens with zero attached hydrogens (tertiary/aromatic N) is 2. The van der Waals surface area contributed by atoms with Crippen LogP contribution in [-0.2, 0) is 29.1 Å². The molecule has 1 saturated carbocycles. The molecule has 5 heteroatoms. The van der Waals surface area contributed by atoms with E-state index in [2.05, 4.69) is 28.8 Å². The standard InChI is InChI=1S/C22H25N2O2.BrH/c25-21-19-8-4-5-9-20(19)22(26)24(21)16-18-11-14-23(15-12-18)13-10-17-6-2-1-3-7-17;/h1-3,6-7,11-12,14-15,19-20H,4-5,8-10,13,16H2;1H/q+1;/p-1/t19-,20+;. The first-order valence-corrected chi connectivity index (χ1v) is 9.59. The Morgan fingerprint density at radius 2 is 1.44 bits per heavy atom. The summed E-state index contributed by atoms with van der Waals surface area (Å²) in [5.41, 5.74) is 2.33. The van der Waals surface area contributed by atoms with Crippen LogP contribution in [0.1, 0.15) is 36.8 Å². The zero-order valence-corrected chi connectivity index (χ0v) is 17.0. The van der Waals surface area contributed by atoms with Crippen molar-refractivity contribution in [1.82, 2.24) is 4.90 Å². The lowest BCUT2D eigenvalue weighted by molar-refractivity contribution is -0.696. The highest BCUT2D eigenvalue weighted by atomic mass is 79.9. The average Bonchev–Trinajstić information content (AvgIpc) is 2.93. The zero-order chi connectivity index (χ0) is 17.9. The molecule has 2 aromatic rings. The van der Waals surface area contributed by atoms with Gasteiger partial charge in [-0.25, -0.2) is 4.57 Å². The lowest BCUT2D eigenvalue weighted by atomic mass is 9.81. The highest BCUT2D eigenvalue weighted by Gasteiger charge is 2.47. The second-order valence-electron chi connectivity index (χ2n) is 7.44. The summed E-state index contributed by atoms with van der Waals surface area (Å²) >= 11 is 0. The van der Waals surface area contributed by atoms with Gasteiger partial charge in [0.1, 0.15) is 0 Å². The number of hydrogen-bond donors (Lipinski definition) is 0. The van der Waals surface area contributed by atoms with E-state index in [1.54, 1.807) is 0 Å². The fourth-order valence-corrected chi connectivity index (χ4v) is 4.21. The second-order valence-corrected chi connectivity index (χ2v) is 7.44. The number of benzene rings is 1. The van der Waals surface area contributed by atoms with Crippen molar-refractivity contribution >= 4 is 11.8 Å². The number of pyridine rings is 1. The van der Waals surface area contributed by atoms with Gasteiger partial charge in [0, 0.05) is 18.6 Å². The van der Waals surface area contributed by atoms with Crippen molar-refractivity contribution in [3.8, 4) is 0 Å². The average molecular weight is 429 g/mol. The molecule has 2 aliphatic rings. The maximum atomic E-state index is 12.6. The molecule has 0 unspecified atom stereocenters. The van der Waals surface area contributed by atoms with Gasteiger partial charge >= 0.3 is 0 Å². The van der Waals surface area contributed by atoms with E-state index in [4.69, 9.17) is 0 Å². The van der Waals surface area contributed by atoms with Crippen LogP contribution >= 0.6 is 0 Å². The zero-order valence-electron chi connectivity index (χ0n) is 15.4. The van der Waals surface area contributed by atoms with Crippen molar-refractivity contribution in [1.29, 1.82) is 0 Å². The molecular weight excluding hydrogens is 404 g/mol. The summed E-state index contributed by atoms with van der Waals surface area (Å²) in [6.45, 7) is 1.32. The molecule has 1 aliphatic heterocycles. The highest BCUT2D eigenvalue weighted by molar-refractivity contribution is 6.05. The molecule has 4 rings (SSSR count). The number of amides is 2. The van der Waals surface area contributed by atoms with Crippen LogP contribution in [0.5, 0.6) is 0 Å². The van der Waals surface area contributed by atoms with Crippen LogP contribution in [-0.4, -0.2) is 16.7 Å². The van der Waals surface area contributed by atoms with Gasteiger partial charge in [0.25, 0.3) is 0 Å². The van der Waals surface area contributed by atoms with E-state index < -0.39 is 0 Å². The molecule has 1 aliphatic carbocycles. The van der Waals surface area contributed by atoms with Crippen LogP contribution in [0.4, 0.5) is 0 Å². The molecule has 1 aromatic heterocycles. The third-order valence-electron chi connectivity index (χ3n) is 5.73. The minimum Gasteiger partial charge on any atom is -1.00 e. The Hall–Kier alpha value is -2.01. The van der Waals surface area contributed by atoms with E-state index >= 15 is 0 Å². The van der Waals surface area contributed by atoms with Gasteiger partial charge in [-0.15, -0.1) is 0 Å². The predicted octanol–water partition coefficient (Wildman–Crippen LogP) is -0.104. The van der Waals surface area contributed by atoms with Crippen LogP contribution < -0.4 is 21.5 Å². The van der Waals surface area contributed by atoms with Crippen LogP contribution in [0.15, 0.2) is 54.9 Å². The molecule has 4 nitrogen and oxygen atoms in total. The van der Waals surface area contributed by atoms with Crippen molar-refractivity contribution in [2.24, 2.45) is 11.8 Å². The summed E-state index contributed by atoms with van der Waals surface area (Å²) in [5.74, 6) is -0.0347. The summed E-state index contributed by atoms with van der Waals surface area (Å²) in [6, 6.07) is 14.5. The maximum absolute atomic E-state index is 12.6. The van der Waals surface area contributed by atoms with Crippen LogP contribution in [0.3, 0.4) is 0 Å². The third kappa shape index (κ3) is 4.29. The van der Waals surface area contributed by atoms with Gasteiger partial charge in [0.2, 0.25) is 11.8 Å². The molecule has 2 heterocycles. The number of imide groups is 1. The molecule has 0 N–H and O–H groups in total. The molecule has 1 saturated heterocycles. The van der Waals surface area contributed by atoms with Gasteiger partial charge in [-0.3, -0.25) is 14.5 Å². The Morgan fingerprint density at radius 3 is 2.04 bits per heavy atom. The van der Waals surface area contributed by atoms with Crippen molar-refractivity contribution in [2.45, 2.75) is 45.2 Å². The number of fused-ring (bicyclic) bond motifs is 1. The van der Waals surface area contributed by atoms with Crippen LogP contribution in [0, 0.1) is 11.8 Å². The van der Waals surface area contributed by atoms with E-state index in [0.29, 0.717) is 6.54 Å². The van der Waals surface area contributed by atoms with Gasteiger partial charge in [0.15, 0.2) is 18.9 Å². The maximum Gasteiger partial charge on any atom is 0.233 e. The number of aryl methyl sites for hydroxylation is 2. The minimum absolute atomic E-state index is 0. The number of carbonyl (C=O) groups is 2. The lowest BCUT2D eigenvalue weighted by Crippen LogP contribution is -3.00. The molecule has 2 atom stereocenters. The van der Waals surface area contributed by atoms with E-state index in [-0.39, 0.29) is 40.6 Å². The quantitative estimate of drug-likeness (QED) is 0.492. The van der Waals surface area contributed by atoms with E-state index in [1.165, 1.54) is 10.5 Å². The monoisotopic (exact) mass is 428 g/mol. The van der Waals surface area contributed by atoms with E-state index in [1.807, 2.05) is 30.6 Å². The highest BCUT2D eigenvalue weighted by Crippen LogP contribution is 2.38. The van der Waals surface area contributed by atoms with Crippen LogP contribution in [0.25, 0.3) is 0 Å². The molecule has 0 spiro atoms. The first-order chi connectivity index (χ1) is 12.7. The second kappa shape index (κ2) is 8.79. The SMILES string of the molecule is O=C1[C@H]2CCCC[C@H]2C(=O)N1Cc1cc[n+](CCc2ccccc2)cc1.[Br-]. The number of hydrogen-bond acceptors (Lipinski definition) is 2. The molecule has 0 bridgehead atoms. The summed E-state index contributed by atoms with van der Waals surface area (Å²) in [5, 5.41) is 0. The predicted molar refractivity (Wildman–Crippen MR) is 97.8 cm³/mol. The molecule has 2 fully saturated rings. The number of aromatic nitrogens is 1. The number of likely N-dealkylation sites (tertiary alicyclic amines) is 1. The first-order valence-electron chi connectivity index (χ1n) is 9.59. The molecular formula is C22H25BrN2O2. The van der Waals surface area contributed by atoms with Crippen LogP contribution in [0.2, 0.25) is 0 Å². The Kier molecular flexibility index (Phi) is 6.42. The molecule has 2 amide bonds. The summed E-state index contributed by atoms with van der Waals surface area (Å²) in [7, 11) is 0. The van der Waals surface area contributed by atoms with Crippen molar-refractivity contribution in [3.63, 3.8) is 0 Å². The van der Waals surface area contributed by atoms with Crippen molar-refractivity contribution < 1.29 is 31.1 Å². The minimum atomic E-state index is -0.0595. The van der Waals surface area contributed by atoms with E-state index in [9.17, 15) is 9.59 Å². The summed E-state index contributed by atoms with van der Waals surface area (Å²) < 4.78 is 2.14. The topological polar surface area (TPSA) is 41.3 Å². The Morgan fingerprint density at radius 1 is 0.852 bits per heavy atom. The first kappa shape index (κ1) is 19.7. The van der Waals surface area contributed by atoms with Gasteiger partial charge < -0.3 is 17.0 Å². The fourth-order valence-electron chi connectivity index (χ4n) is 4.21. The Bertz CT molecular complexity index is 768. The van der Waals surface area contributed by atoms with Gasteiger partial charge in [-0.05, 0) is 24.0 Å². The lowest BCUT2D eigenvalue weighted by Gasteiger charge is -2.19. The van der Waals surface area contributed by atoms with Crippen molar-refractivity contribution in [3.05, 3.63) is 66.0 Å². The smallest absolute Gasteiger partial charge is 0.233 e. The Labute approximate surface area is 171 Å². The number of carbonyl (C=O) groups excluding carboxylic acids is 2. The summed E-state index contributed by atoms with van der Waals surface area (Å²) in [6.07, 6.45) is 8.95. The number of rotatable bonds is 5. The normalized spacial score (nSPS) is 21.7. The Balaban J connectivity index is 0.00000210.